The summed E-state index contributed by atoms with van der Waals surface area (Å²) in [6.45, 7) is 11.8. The number of nitrogens with one attached hydrogen (secondary N) is 1. The minimum Gasteiger partial charge on any atom is -0.327 e. The Bertz CT molecular complexity index is 1210. The molecule has 180 valence electrons. The van der Waals surface area contributed by atoms with Crippen LogP contribution in [-0.2, 0) is 10.2 Å². The number of nitrogens with zero attached hydrogens (tertiary/aromatic N) is 3. The third kappa shape index (κ3) is 5.80. The second-order valence-corrected chi connectivity index (χ2v) is 10.4. The van der Waals surface area contributed by atoms with Gasteiger partial charge >= 0.3 is 0 Å². The molecule has 34 heavy (non-hydrogen) atoms. The Kier molecular flexibility index (Phi) is 7.74. The van der Waals surface area contributed by atoms with Gasteiger partial charge in [0, 0.05) is 23.1 Å². The van der Waals surface area contributed by atoms with Crippen molar-refractivity contribution in [3.63, 3.8) is 0 Å². The third-order valence-corrected chi connectivity index (χ3v) is 6.19. The normalized spacial score (nSPS) is 11.6. The first-order chi connectivity index (χ1) is 15.9. The van der Waals surface area contributed by atoms with E-state index in [-0.39, 0.29) is 34.8 Å². The van der Waals surface area contributed by atoms with E-state index in [2.05, 4.69) is 26.1 Å². The standard InChI is InChI=1S/C26H30Cl2N4O2/c1-16(2)31(25(34)18-11-12-19(27)20(28)13-18)15-24(33)29-23-14-22(26(4,5)6)30-32(23)21-10-8-7-9-17(21)3/h7-14,16H,15H2,1-6H3,(H,29,33). The van der Waals surface area contributed by atoms with Gasteiger partial charge in [0.2, 0.25) is 5.91 Å². The number of para-hydroxylation sites is 1. The molecule has 1 heterocycles. The van der Waals surface area contributed by atoms with Crippen LogP contribution in [0.25, 0.3) is 5.69 Å². The maximum atomic E-state index is 13.1. The van der Waals surface area contributed by atoms with Gasteiger partial charge in [0.15, 0.2) is 0 Å². The van der Waals surface area contributed by atoms with E-state index in [0.29, 0.717) is 16.4 Å². The summed E-state index contributed by atoms with van der Waals surface area (Å²) < 4.78 is 1.74. The summed E-state index contributed by atoms with van der Waals surface area (Å²) in [4.78, 5) is 27.7. The molecule has 8 heteroatoms. The van der Waals surface area contributed by atoms with Crippen molar-refractivity contribution in [3.8, 4) is 5.69 Å². The fraction of sp³-hybridized carbons (Fsp3) is 0.346. The fourth-order valence-electron chi connectivity index (χ4n) is 3.44. The van der Waals surface area contributed by atoms with Crippen LogP contribution in [0.4, 0.5) is 5.82 Å². The maximum Gasteiger partial charge on any atom is 0.254 e. The summed E-state index contributed by atoms with van der Waals surface area (Å²) in [5.41, 5.74) is 2.91. The molecule has 0 aliphatic heterocycles. The number of carbonyl (C=O) groups is 2. The van der Waals surface area contributed by atoms with Crippen molar-refractivity contribution in [1.29, 1.82) is 0 Å². The van der Waals surface area contributed by atoms with Crippen molar-refractivity contribution >= 4 is 40.8 Å². The third-order valence-electron chi connectivity index (χ3n) is 5.45. The zero-order chi connectivity index (χ0) is 25.2. The van der Waals surface area contributed by atoms with Gasteiger partial charge in [-0.2, -0.15) is 5.10 Å². The highest BCUT2D eigenvalue weighted by Gasteiger charge is 2.25. The van der Waals surface area contributed by atoms with Gasteiger partial charge in [-0.15, -0.1) is 0 Å². The molecule has 0 saturated carbocycles. The summed E-state index contributed by atoms with van der Waals surface area (Å²) in [5.74, 6) is -0.0706. The predicted octanol–water partition coefficient (Wildman–Crippen LogP) is 6.27. The summed E-state index contributed by atoms with van der Waals surface area (Å²) in [6, 6.07) is 14.2. The number of aromatic nitrogens is 2. The van der Waals surface area contributed by atoms with E-state index in [4.69, 9.17) is 28.3 Å². The molecule has 6 nitrogen and oxygen atoms in total. The van der Waals surface area contributed by atoms with Gasteiger partial charge in [0.1, 0.15) is 12.4 Å². The first-order valence-corrected chi connectivity index (χ1v) is 11.9. The second kappa shape index (κ2) is 10.2. The number of amides is 2. The van der Waals surface area contributed by atoms with E-state index >= 15 is 0 Å². The van der Waals surface area contributed by atoms with Crippen LogP contribution in [0.15, 0.2) is 48.5 Å². The number of benzene rings is 2. The molecule has 3 rings (SSSR count). The van der Waals surface area contributed by atoms with Crippen LogP contribution in [0.5, 0.6) is 0 Å². The monoisotopic (exact) mass is 500 g/mol. The molecule has 3 aromatic rings. The average Bonchev–Trinajstić information content (AvgIpc) is 3.17. The van der Waals surface area contributed by atoms with Crippen LogP contribution < -0.4 is 5.32 Å². The zero-order valence-electron chi connectivity index (χ0n) is 20.3. The van der Waals surface area contributed by atoms with Crippen LogP contribution in [0.3, 0.4) is 0 Å². The lowest BCUT2D eigenvalue weighted by Crippen LogP contribution is -2.42. The quantitative estimate of drug-likeness (QED) is 0.433. The number of halogens is 2. The van der Waals surface area contributed by atoms with Gasteiger partial charge in [0.25, 0.3) is 5.91 Å². The Morgan fingerprint density at radius 3 is 2.32 bits per heavy atom. The van der Waals surface area contributed by atoms with Crippen LogP contribution in [0.2, 0.25) is 10.0 Å². The second-order valence-electron chi connectivity index (χ2n) is 9.57. The Labute approximate surface area is 210 Å². The van der Waals surface area contributed by atoms with Gasteiger partial charge < -0.3 is 10.2 Å². The summed E-state index contributed by atoms with van der Waals surface area (Å²) in [7, 11) is 0. The van der Waals surface area contributed by atoms with Crippen LogP contribution in [-0.4, -0.2) is 39.1 Å². The molecule has 0 radical (unpaired) electrons. The molecule has 2 aromatic carbocycles. The number of carbonyl (C=O) groups excluding carboxylic acids is 2. The van der Waals surface area contributed by atoms with Crippen LogP contribution >= 0.6 is 23.2 Å². The number of anilines is 1. The lowest BCUT2D eigenvalue weighted by atomic mass is 9.92. The molecule has 1 aromatic heterocycles. The Hall–Kier alpha value is -2.83. The van der Waals surface area contributed by atoms with Gasteiger partial charge in [-0.25, -0.2) is 4.68 Å². The van der Waals surface area contributed by atoms with Gasteiger partial charge in [-0.05, 0) is 50.6 Å². The van der Waals surface area contributed by atoms with Crippen molar-refractivity contribution < 1.29 is 9.59 Å². The molecule has 0 saturated heterocycles. The molecule has 0 unspecified atom stereocenters. The van der Waals surface area contributed by atoms with E-state index in [1.54, 1.807) is 16.8 Å². The highest BCUT2D eigenvalue weighted by molar-refractivity contribution is 6.42. The molecular formula is C26H30Cl2N4O2. The molecule has 1 N–H and O–H groups in total. The first-order valence-electron chi connectivity index (χ1n) is 11.1. The highest BCUT2D eigenvalue weighted by Crippen LogP contribution is 2.28. The minimum absolute atomic E-state index is 0.124. The SMILES string of the molecule is Cc1ccccc1-n1nc(C(C)(C)C)cc1NC(=O)CN(C(=O)c1ccc(Cl)c(Cl)c1)C(C)C. The minimum atomic E-state index is -0.322. The van der Waals surface area contributed by atoms with Crippen molar-refractivity contribution in [2.75, 3.05) is 11.9 Å². The van der Waals surface area contributed by atoms with Crippen molar-refractivity contribution in [2.24, 2.45) is 0 Å². The summed E-state index contributed by atoms with van der Waals surface area (Å²) in [6.07, 6.45) is 0. The van der Waals surface area contributed by atoms with E-state index in [1.807, 2.05) is 51.1 Å². The Morgan fingerprint density at radius 1 is 1.06 bits per heavy atom. The molecule has 0 atom stereocenters. The Morgan fingerprint density at radius 2 is 1.74 bits per heavy atom. The largest absolute Gasteiger partial charge is 0.327 e. The van der Waals surface area contributed by atoms with E-state index in [1.165, 1.54) is 11.0 Å². The molecular weight excluding hydrogens is 471 g/mol. The van der Waals surface area contributed by atoms with Gasteiger partial charge in [-0.3, -0.25) is 9.59 Å². The van der Waals surface area contributed by atoms with E-state index < -0.39 is 0 Å². The van der Waals surface area contributed by atoms with Gasteiger partial charge in [-0.1, -0.05) is 62.2 Å². The van der Waals surface area contributed by atoms with Gasteiger partial charge in [0.05, 0.1) is 21.4 Å². The number of aryl methyl sites for hydroxylation is 1. The molecule has 0 aliphatic carbocycles. The van der Waals surface area contributed by atoms with Crippen LogP contribution in [0.1, 0.15) is 56.2 Å². The molecule has 0 aliphatic rings. The average molecular weight is 501 g/mol. The number of rotatable bonds is 6. The molecule has 2 amide bonds. The number of hydrogen-bond donors (Lipinski definition) is 1. The fourth-order valence-corrected chi connectivity index (χ4v) is 3.74. The van der Waals surface area contributed by atoms with E-state index in [0.717, 1.165) is 16.9 Å². The van der Waals surface area contributed by atoms with Crippen LogP contribution in [0, 0.1) is 6.92 Å². The zero-order valence-corrected chi connectivity index (χ0v) is 21.8. The van der Waals surface area contributed by atoms with E-state index in [9.17, 15) is 9.59 Å². The maximum absolute atomic E-state index is 13.1. The topological polar surface area (TPSA) is 67.2 Å². The van der Waals surface area contributed by atoms with Crippen molar-refractivity contribution in [1.82, 2.24) is 14.7 Å². The Balaban J connectivity index is 1.89. The predicted molar refractivity (Wildman–Crippen MR) is 138 cm³/mol. The smallest absolute Gasteiger partial charge is 0.254 e. The summed E-state index contributed by atoms with van der Waals surface area (Å²) in [5, 5.41) is 8.39. The molecule has 0 spiro atoms. The first kappa shape index (κ1) is 25.8. The molecule has 0 bridgehead atoms. The number of hydrogen-bond acceptors (Lipinski definition) is 3. The lowest BCUT2D eigenvalue weighted by molar-refractivity contribution is -0.117. The van der Waals surface area contributed by atoms with Crippen molar-refractivity contribution in [2.45, 2.75) is 53.0 Å². The summed E-state index contributed by atoms with van der Waals surface area (Å²) >= 11 is 12.1. The highest BCUT2D eigenvalue weighted by atomic mass is 35.5. The lowest BCUT2D eigenvalue weighted by Gasteiger charge is -2.26. The molecule has 0 fully saturated rings. The van der Waals surface area contributed by atoms with Crippen molar-refractivity contribution in [3.05, 3.63) is 75.4 Å².